The molecule has 1 saturated heterocycles. The van der Waals surface area contributed by atoms with E-state index in [0.717, 1.165) is 36.0 Å². The fourth-order valence-corrected chi connectivity index (χ4v) is 4.42. The molecule has 0 atom stereocenters. The van der Waals surface area contributed by atoms with Gasteiger partial charge < -0.3 is 14.8 Å². The van der Waals surface area contributed by atoms with Crippen molar-refractivity contribution in [3.05, 3.63) is 17.6 Å². The van der Waals surface area contributed by atoms with Crippen LogP contribution in [0.1, 0.15) is 49.5 Å². The second kappa shape index (κ2) is 6.63. The number of alkyl halides is 1. The Hall–Kier alpha value is -2.75. The van der Waals surface area contributed by atoms with Crippen LogP contribution in [0.25, 0.3) is 11.0 Å². The molecule has 0 radical (unpaired) electrons. The first-order valence-corrected chi connectivity index (χ1v) is 10.6. The van der Waals surface area contributed by atoms with Crippen LogP contribution in [0.5, 0.6) is 5.88 Å². The quantitative estimate of drug-likeness (QED) is 0.690. The highest BCUT2D eigenvalue weighted by molar-refractivity contribution is 5.79. The summed E-state index contributed by atoms with van der Waals surface area (Å²) in [5.74, 6) is 0.812. The number of rotatable bonds is 2. The van der Waals surface area contributed by atoms with Crippen LogP contribution in [0.3, 0.4) is 0 Å². The minimum atomic E-state index is -1.39. The predicted molar refractivity (Wildman–Crippen MR) is 107 cm³/mol. The maximum Gasteiger partial charge on any atom is 0.257 e. The van der Waals surface area contributed by atoms with Crippen LogP contribution in [0, 0.1) is 6.92 Å². The molecule has 1 N–H and O–H groups in total. The molecule has 9 nitrogen and oxygen atoms in total. The molecule has 3 aliphatic rings. The van der Waals surface area contributed by atoms with Crippen LogP contribution in [0.15, 0.2) is 6.20 Å². The van der Waals surface area contributed by atoms with E-state index < -0.39 is 5.67 Å². The number of aryl methyl sites for hydroxylation is 2. The number of nitrogens with one attached hydrogen (secondary N) is 1. The fraction of sp³-hybridized carbons (Fsp3) is 0.600. The first-order valence-electron chi connectivity index (χ1n) is 10.6. The lowest BCUT2D eigenvalue weighted by atomic mass is 10.1. The van der Waals surface area contributed by atoms with E-state index in [1.54, 1.807) is 6.20 Å². The lowest BCUT2D eigenvalue weighted by Gasteiger charge is -2.25. The number of hydrogen-bond donors (Lipinski definition) is 1. The van der Waals surface area contributed by atoms with Gasteiger partial charge in [0.05, 0.1) is 23.7 Å². The summed E-state index contributed by atoms with van der Waals surface area (Å²) >= 11 is 0. The molecule has 6 rings (SSSR count). The van der Waals surface area contributed by atoms with E-state index >= 15 is 4.39 Å². The Bertz CT molecular complexity index is 1110. The molecule has 0 unspecified atom stereocenters. The molecule has 10 heteroatoms. The Labute approximate surface area is 172 Å². The summed E-state index contributed by atoms with van der Waals surface area (Å²) in [6.07, 6.45) is 5.11. The molecule has 3 aromatic heterocycles. The van der Waals surface area contributed by atoms with Crippen LogP contribution >= 0.6 is 0 Å². The predicted octanol–water partition coefficient (Wildman–Crippen LogP) is 3.17. The molecule has 3 aromatic rings. The molecule has 30 heavy (non-hydrogen) atoms. The Morgan fingerprint density at radius 3 is 2.83 bits per heavy atom. The van der Waals surface area contributed by atoms with Crippen LogP contribution in [0.2, 0.25) is 0 Å². The monoisotopic (exact) mass is 413 g/mol. The maximum atomic E-state index is 15.6. The van der Waals surface area contributed by atoms with Crippen LogP contribution in [-0.2, 0) is 17.0 Å². The van der Waals surface area contributed by atoms with E-state index in [1.165, 1.54) is 0 Å². The first kappa shape index (κ1) is 18.1. The number of hydrogen-bond acceptors (Lipinski definition) is 7. The lowest BCUT2D eigenvalue weighted by Crippen LogP contribution is -2.24. The Morgan fingerprint density at radius 2 is 2.03 bits per heavy atom. The van der Waals surface area contributed by atoms with E-state index in [2.05, 4.69) is 20.4 Å². The van der Waals surface area contributed by atoms with Gasteiger partial charge in [-0.25, -0.2) is 14.1 Å². The van der Waals surface area contributed by atoms with Crippen molar-refractivity contribution >= 4 is 22.7 Å². The largest absolute Gasteiger partial charge is 0.475 e. The average Bonchev–Trinajstić information content (AvgIpc) is 3.28. The van der Waals surface area contributed by atoms with Gasteiger partial charge in [-0.05, 0) is 32.6 Å². The summed E-state index contributed by atoms with van der Waals surface area (Å²) in [6, 6.07) is 0.0975. The van der Waals surface area contributed by atoms with Crippen molar-refractivity contribution in [2.75, 3.05) is 25.1 Å². The molecule has 2 bridgehead atoms. The zero-order valence-electron chi connectivity index (χ0n) is 16.9. The molecule has 0 amide bonds. The number of nitrogens with zero attached hydrogens (tertiary/aromatic N) is 6. The Kier molecular flexibility index (Phi) is 3.99. The summed E-state index contributed by atoms with van der Waals surface area (Å²) < 4.78 is 30.8. The van der Waals surface area contributed by atoms with Gasteiger partial charge in [-0.15, -0.1) is 5.10 Å². The van der Waals surface area contributed by atoms with E-state index in [9.17, 15) is 0 Å². The number of halogens is 1. The number of ether oxygens (including phenoxy) is 2. The molecule has 2 aliphatic heterocycles. The third-order valence-corrected chi connectivity index (χ3v) is 6.19. The molecule has 0 aromatic carbocycles. The Morgan fingerprint density at radius 1 is 1.20 bits per heavy atom. The second-order valence-electron chi connectivity index (χ2n) is 8.35. The molecule has 1 saturated carbocycles. The van der Waals surface area contributed by atoms with Crippen molar-refractivity contribution in [1.82, 2.24) is 29.5 Å². The Balaban J connectivity index is 1.49. The van der Waals surface area contributed by atoms with Crippen molar-refractivity contribution in [3.63, 3.8) is 0 Å². The highest BCUT2D eigenvalue weighted by Crippen LogP contribution is 2.55. The van der Waals surface area contributed by atoms with Gasteiger partial charge in [0.2, 0.25) is 5.95 Å². The molecule has 158 valence electrons. The highest BCUT2D eigenvalue weighted by Gasteiger charge is 2.51. The van der Waals surface area contributed by atoms with Crippen molar-refractivity contribution in [2.45, 2.75) is 57.3 Å². The van der Waals surface area contributed by atoms with E-state index in [1.807, 2.05) is 16.3 Å². The van der Waals surface area contributed by atoms with E-state index in [0.29, 0.717) is 62.4 Å². The maximum absolute atomic E-state index is 15.6. The number of anilines is 2. The van der Waals surface area contributed by atoms with Crippen molar-refractivity contribution < 1.29 is 13.9 Å². The normalized spacial score (nSPS) is 21.0. The van der Waals surface area contributed by atoms with Crippen LogP contribution in [0.4, 0.5) is 16.0 Å². The van der Waals surface area contributed by atoms with Gasteiger partial charge in [0.25, 0.3) is 5.88 Å². The van der Waals surface area contributed by atoms with E-state index in [-0.39, 0.29) is 6.04 Å². The van der Waals surface area contributed by atoms with Gasteiger partial charge in [0.15, 0.2) is 11.3 Å². The topological polar surface area (TPSA) is 91.9 Å². The number of aromatic nitrogens is 6. The van der Waals surface area contributed by atoms with Gasteiger partial charge in [-0.1, -0.05) is 0 Å². The summed E-state index contributed by atoms with van der Waals surface area (Å²) in [4.78, 5) is 9.15. The SMILES string of the molecule is Cc1nn2c3nc(ncc13)Nc1c(nn(C3CCOCC3)c1C1(F)CC1)OCCC2. The molecule has 2 fully saturated rings. The summed E-state index contributed by atoms with van der Waals surface area (Å²) in [5.41, 5.74) is 1.37. The van der Waals surface area contributed by atoms with Gasteiger partial charge in [-0.3, -0.25) is 4.68 Å². The highest BCUT2D eigenvalue weighted by atomic mass is 19.1. The third kappa shape index (κ3) is 2.84. The zero-order valence-corrected chi connectivity index (χ0v) is 16.9. The van der Waals surface area contributed by atoms with Crippen molar-refractivity contribution in [3.8, 4) is 5.88 Å². The molecular weight excluding hydrogens is 389 g/mol. The molecule has 1 aliphatic carbocycles. The number of fused-ring (bicyclic) bond motifs is 2. The molecule has 0 spiro atoms. The third-order valence-electron chi connectivity index (χ3n) is 6.19. The molecular formula is C20H24FN7O2. The summed E-state index contributed by atoms with van der Waals surface area (Å²) in [7, 11) is 0. The summed E-state index contributed by atoms with van der Waals surface area (Å²) in [6.45, 7) is 4.40. The van der Waals surface area contributed by atoms with Crippen LogP contribution < -0.4 is 10.1 Å². The fourth-order valence-electron chi connectivity index (χ4n) is 4.42. The average molecular weight is 413 g/mol. The smallest absolute Gasteiger partial charge is 0.257 e. The minimum Gasteiger partial charge on any atom is -0.475 e. The first-order chi connectivity index (χ1) is 14.6. The van der Waals surface area contributed by atoms with Gasteiger partial charge in [-0.2, -0.15) is 10.1 Å². The zero-order chi connectivity index (χ0) is 20.3. The van der Waals surface area contributed by atoms with Gasteiger partial charge >= 0.3 is 0 Å². The van der Waals surface area contributed by atoms with E-state index in [4.69, 9.17) is 14.6 Å². The molecule has 5 heterocycles. The lowest BCUT2D eigenvalue weighted by molar-refractivity contribution is 0.0632. The van der Waals surface area contributed by atoms with Gasteiger partial charge in [0, 0.05) is 32.4 Å². The van der Waals surface area contributed by atoms with Gasteiger partial charge in [0.1, 0.15) is 11.4 Å². The van der Waals surface area contributed by atoms with Crippen LogP contribution in [-0.4, -0.2) is 49.3 Å². The summed E-state index contributed by atoms with van der Waals surface area (Å²) in [5, 5.41) is 13.5. The minimum absolute atomic E-state index is 0.0975. The standard InChI is InChI=1S/C20H24FN7O2/c1-12-14-11-22-19-23-15-16(20(21)5-6-20)28(13-3-9-29-10-4-13)26-18(15)30-8-2-7-27(25-12)17(14)24-19/h11,13H,2-10H2,1H3,(H,22,23,24). The van der Waals surface area contributed by atoms with Crippen molar-refractivity contribution in [2.24, 2.45) is 0 Å². The van der Waals surface area contributed by atoms with Crippen molar-refractivity contribution in [1.29, 1.82) is 0 Å². The second-order valence-corrected chi connectivity index (χ2v) is 8.35.